The van der Waals surface area contributed by atoms with E-state index >= 15 is 0 Å². The summed E-state index contributed by atoms with van der Waals surface area (Å²) >= 11 is 0. The monoisotopic (exact) mass is 394 g/mol. The molecule has 0 aromatic heterocycles. The van der Waals surface area contributed by atoms with E-state index in [0.717, 1.165) is 13.2 Å². The molecule has 0 saturated carbocycles. The van der Waals surface area contributed by atoms with Crippen LogP contribution in [0.2, 0.25) is 0 Å². The summed E-state index contributed by atoms with van der Waals surface area (Å²) in [5.74, 6) is 0. The van der Waals surface area contributed by atoms with Crippen LogP contribution in [0.25, 0.3) is 0 Å². The molecule has 0 fully saturated rings. The van der Waals surface area contributed by atoms with E-state index in [1.807, 2.05) is 0 Å². The number of hydrogen-bond acceptors (Lipinski definition) is 2. The van der Waals surface area contributed by atoms with Crippen molar-refractivity contribution in [3.8, 4) is 0 Å². The van der Waals surface area contributed by atoms with Crippen LogP contribution in [-0.2, 0) is 9.30 Å². The lowest BCUT2D eigenvalue weighted by Gasteiger charge is -2.01. The number of rotatable bonds is 17. The number of allylic oxidation sites excluding steroid dienone is 2. The van der Waals surface area contributed by atoms with Gasteiger partial charge in [0.1, 0.15) is 0 Å². The van der Waals surface area contributed by atoms with E-state index in [1.165, 1.54) is 89.9 Å². The van der Waals surface area contributed by atoms with Crippen molar-refractivity contribution in [2.75, 3.05) is 13.2 Å². The summed E-state index contributed by atoms with van der Waals surface area (Å²) in [4.78, 5) is 21.6. The first-order valence-electron chi connectivity index (χ1n) is 10.4. The molecule has 0 aliphatic carbocycles. The van der Waals surface area contributed by atoms with Crippen LogP contribution in [0.1, 0.15) is 104 Å². The fourth-order valence-corrected chi connectivity index (χ4v) is 2.60. The van der Waals surface area contributed by atoms with Crippen molar-refractivity contribution in [2.45, 2.75) is 104 Å². The smallest absolute Gasteiger partial charge is 0.382 e. The SMILES string of the molecule is CCCCCCCC/C=C\CCCCCCCCOCC.O=P(O)(O)O. The molecule has 0 rings (SSSR count). The van der Waals surface area contributed by atoms with E-state index in [9.17, 15) is 0 Å². The zero-order valence-corrected chi connectivity index (χ0v) is 18.0. The molecular formula is C20H43O5P. The maximum absolute atomic E-state index is 8.88. The highest BCUT2D eigenvalue weighted by Crippen LogP contribution is 2.25. The van der Waals surface area contributed by atoms with Gasteiger partial charge in [-0.2, -0.15) is 0 Å². The van der Waals surface area contributed by atoms with E-state index < -0.39 is 7.82 Å². The van der Waals surface area contributed by atoms with Crippen molar-refractivity contribution in [3.05, 3.63) is 12.2 Å². The normalized spacial score (nSPS) is 11.6. The van der Waals surface area contributed by atoms with Crippen LogP contribution in [0.3, 0.4) is 0 Å². The van der Waals surface area contributed by atoms with Crippen LogP contribution in [-0.4, -0.2) is 27.9 Å². The quantitative estimate of drug-likeness (QED) is 0.157. The molecule has 0 unspecified atom stereocenters. The second-order valence-corrected chi connectivity index (χ2v) is 7.67. The Hall–Kier alpha value is -0.190. The third kappa shape index (κ3) is 39.1. The van der Waals surface area contributed by atoms with Crippen LogP contribution >= 0.6 is 7.82 Å². The second kappa shape index (κ2) is 22.9. The van der Waals surface area contributed by atoms with Crippen LogP contribution in [0.15, 0.2) is 12.2 Å². The molecule has 158 valence electrons. The lowest BCUT2D eigenvalue weighted by Crippen LogP contribution is -1.92. The average molecular weight is 395 g/mol. The lowest BCUT2D eigenvalue weighted by atomic mass is 10.1. The molecule has 0 heterocycles. The highest BCUT2D eigenvalue weighted by Gasteiger charge is 2.00. The Morgan fingerprint density at radius 2 is 1.08 bits per heavy atom. The van der Waals surface area contributed by atoms with Crippen molar-refractivity contribution in [2.24, 2.45) is 0 Å². The zero-order valence-electron chi connectivity index (χ0n) is 17.1. The average Bonchev–Trinajstić information content (AvgIpc) is 2.56. The topological polar surface area (TPSA) is 87.0 Å². The molecule has 0 amide bonds. The highest BCUT2D eigenvalue weighted by atomic mass is 31.2. The Morgan fingerprint density at radius 1 is 0.692 bits per heavy atom. The van der Waals surface area contributed by atoms with Crippen molar-refractivity contribution >= 4 is 7.82 Å². The van der Waals surface area contributed by atoms with E-state index in [4.69, 9.17) is 24.0 Å². The largest absolute Gasteiger partial charge is 0.466 e. The molecule has 0 aliphatic rings. The zero-order chi connectivity index (χ0) is 19.9. The van der Waals surface area contributed by atoms with E-state index in [-0.39, 0.29) is 0 Å². The molecule has 0 spiro atoms. The minimum absolute atomic E-state index is 0.866. The Labute approximate surface area is 161 Å². The first-order valence-corrected chi connectivity index (χ1v) is 12.0. The van der Waals surface area contributed by atoms with Gasteiger partial charge >= 0.3 is 7.82 Å². The minimum atomic E-state index is -4.64. The summed E-state index contributed by atoms with van der Waals surface area (Å²) in [7, 11) is -4.64. The first-order chi connectivity index (χ1) is 12.4. The van der Waals surface area contributed by atoms with Crippen LogP contribution in [0.4, 0.5) is 0 Å². The number of hydrogen-bond donors (Lipinski definition) is 3. The maximum atomic E-state index is 8.88. The molecule has 0 saturated heterocycles. The van der Waals surface area contributed by atoms with Gasteiger partial charge in [-0.05, 0) is 39.0 Å². The molecule has 0 aliphatic heterocycles. The standard InChI is InChI=1S/C20H40O.H3O4P/c1-3-5-6-7-8-9-10-11-12-13-14-15-16-17-18-19-20-21-4-2;1-5(2,3)4/h11-12H,3-10,13-20H2,1-2H3;(H3,1,2,3,4)/b12-11-;. The van der Waals surface area contributed by atoms with Gasteiger partial charge in [0.2, 0.25) is 0 Å². The Kier molecular flexibility index (Phi) is 24.6. The molecule has 0 bridgehead atoms. The van der Waals surface area contributed by atoms with Crippen LogP contribution in [0.5, 0.6) is 0 Å². The van der Waals surface area contributed by atoms with Gasteiger partial charge in [0.05, 0.1) is 0 Å². The van der Waals surface area contributed by atoms with Crippen molar-refractivity contribution in [1.82, 2.24) is 0 Å². The van der Waals surface area contributed by atoms with Gasteiger partial charge in [-0.3, -0.25) is 0 Å². The molecule has 0 radical (unpaired) electrons. The molecule has 26 heavy (non-hydrogen) atoms. The number of ether oxygens (including phenoxy) is 1. The third-order valence-electron chi connectivity index (χ3n) is 4.00. The Morgan fingerprint density at radius 3 is 1.50 bits per heavy atom. The van der Waals surface area contributed by atoms with Crippen molar-refractivity contribution in [3.63, 3.8) is 0 Å². The summed E-state index contributed by atoms with van der Waals surface area (Å²) < 4.78 is 14.2. The van der Waals surface area contributed by atoms with Crippen molar-refractivity contribution < 1.29 is 24.0 Å². The van der Waals surface area contributed by atoms with Crippen LogP contribution < -0.4 is 0 Å². The summed E-state index contributed by atoms with van der Waals surface area (Å²) in [6.07, 6.45) is 24.0. The third-order valence-corrected chi connectivity index (χ3v) is 4.00. The molecule has 5 nitrogen and oxygen atoms in total. The predicted octanol–water partition coefficient (Wildman–Crippen LogP) is 6.13. The van der Waals surface area contributed by atoms with Crippen molar-refractivity contribution in [1.29, 1.82) is 0 Å². The molecule has 3 N–H and O–H groups in total. The minimum Gasteiger partial charge on any atom is -0.382 e. The summed E-state index contributed by atoms with van der Waals surface area (Å²) in [6.45, 7) is 6.17. The summed E-state index contributed by atoms with van der Waals surface area (Å²) in [5.41, 5.74) is 0. The van der Waals surface area contributed by atoms with Crippen LogP contribution in [0, 0.1) is 0 Å². The molecular weight excluding hydrogens is 351 g/mol. The maximum Gasteiger partial charge on any atom is 0.466 e. The first kappa shape index (κ1) is 28.0. The fourth-order valence-electron chi connectivity index (χ4n) is 2.60. The van der Waals surface area contributed by atoms with Gasteiger partial charge in [0.25, 0.3) is 0 Å². The fraction of sp³-hybridized carbons (Fsp3) is 0.900. The summed E-state index contributed by atoms with van der Waals surface area (Å²) in [5, 5.41) is 0. The highest BCUT2D eigenvalue weighted by molar-refractivity contribution is 7.45. The van der Waals surface area contributed by atoms with Gasteiger partial charge in [0.15, 0.2) is 0 Å². The van der Waals surface area contributed by atoms with E-state index in [2.05, 4.69) is 26.0 Å². The van der Waals surface area contributed by atoms with Gasteiger partial charge in [-0.25, -0.2) is 4.57 Å². The van der Waals surface area contributed by atoms with E-state index in [0.29, 0.717) is 0 Å². The summed E-state index contributed by atoms with van der Waals surface area (Å²) in [6, 6.07) is 0. The molecule has 0 aromatic carbocycles. The second-order valence-electron chi connectivity index (χ2n) is 6.65. The predicted molar refractivity (Wildman–Crippen MR) is 110 cm³/mol. The van der Waals surface area contributed by atoms with Gasteiger partial charge in [-0.1, -0.05) is 76.9 Å². The Balaban J connectivity index is 0. The number of phosphoric acid groups is 1. The molecule has 0 aromatic rings. The van der Waals surface area contributed by atoms with Gasteiger partial charge in [-0.15, -0.1) is 0 Å². The van der Waals surface area contributed by atoms with Gasteiger partial charge < -0.3 is 19.4 Å². The Bertz CT molecular complexity index is 320. The number of unbranched alkanes of at least 4 members (excludes halogenated alkanes) is 12. The molecule has 6 heteroatoms. The molecule has 0 atom stereocenters. The van der Waals surface area contributed by atoms with E-state index in [1.54, 1.807) is 0 Å². The lowest BCUT2D eigenvalue weighted by molar-refractivity contribution is 0.143. The van der Waals surface area contributed by atoms with Gasteiger partial charge in [0, 0.05) is 13.2 Å².